The number of rotatable bonds is 8. The molecule has 3 aromatic carbocycles. The predicted octanol–water partition coefficient (Wildman–Crippen LogP) is 4.92. The fraction of sp³-hybridized carbons (Fsp3) is 0.320. The summed E-state index contributed by atoms with van der Waals surface area (Å²) in [5.41, 5.74) is 2.35. The lowest BCUT2D eigenvalue weighted by Crippen LogP contribution is -2.32. The van der Waals surface area contributed by atoms with E-state index in [1.807, 2.05) is 24.3 Å². The van der Waals surface area contributed by atoms with E-state index < -0.39 is 6.09 Å². The molecule has 1 aliphatic heterocycles. The minimum Gasteiger partial charge on any atom is -0.489 e. The Labute approximate surface area is 181 Å². The number of benzene rings is 3. The van der Waals surface area contributed by atoms with Crippen molar-refractivity contribution < 1.29 is 24.1 Å². The zero-order chi connectivity index (χ0) is 21.5. The first-order chi connectivity index (χ1) is 15.2. The van der Waals surface area contributed by atoms with Gasteiger partial charge in [-0.3, -0.25) is 0 Å². The molecule has 1 fully saturated rings. The smallest absolute Gasteiger partial charge is 0.404 e. The number of hydrogen-bond acceptors (Lipinski definition) is 4. The molecule has 0 saturated carbocycles. The summed E-state index contributed by atoms with van der Waals surface area (Å²) in [6, 6.07) is 22.6. The van der Waals surface area contributed by atoms with Gasteiger partial charge in [-0.15, -0.1) is 0 Å². The Hall–Kier alpha value is -3.09. The SMILES string of the molecule is O=C(O)NCCCC1OCC(c2cccc3cc(OCc4ccccc4)ccc23)CO1. The minimum absolute atomic E-state index is 0.160. The van der Waals surface area contributed by atoms with Crippen molar-refractivity contribution >= 4 is 16.9 Å². The molecule has 0 atom stereocenters. The summed E-state index contributed by atoms with van der Waals surface area (Å²) in [6.07, 6.45) is 0.0710. The molecule has 31 heavy (non-hydrogen) atoms. The molecule has 2 N–H and O–H groups in total. The number of carbonyl (C=O) groups is 1. The Balaban J connectivity index is 1.36. The van der Waals surface area contributed by atoms with Crippen molar-refractivity contribution in [1.29, 1.82) is 0 Å². The van der Waals surface area contributed by atoms with Gasteiger partial charge in [-0.25, -0.2) is 4.79 Å². The second kappa shape index (κ2) is 10.3. The van der Waals surface area contributed by atoms with E-state index in [-0.39, 0.29) is 12.2 Å². The maximum absolute atomic E-state index is 10.5. The Kier molecular flexibility index (Phi) is 7.02. The molecule has 0 aromatic heterocycles. The van der Waals surface area contributed by atoms with E-state index in [1.165, 1.54) is 10.9 Å². The Morgan fingerprint density at radius 2 is 1.84 bits per heavy atom. The molecule has 0 spiro atoms. The van der Waals surface area contributed by atoms with Crippen molar-refractivity contribution in [2.75, 3.05) is 19.8 Å². The first-order valence-electron chi connectivity index (χ1n) is 10.6. The third-order valence-corrected chi connectivity index (χ3v) is 5.43. The van der Waals surface area contributed by atoms with Crippen molar-refractivity contribution in [3.63, 3.8) is 0 Å². The van der Waals surface area contributed by atoms with Crippen LogP contribution in [0.4, 0.5) is 4.79 Å². The van der Waals surface area contributed by atoms with Gasteiger partial charge in [0.2, 0.25) is 0 Å². The molecule has 0 unspecified atom stereocenters. The van der Waals surface area contributed by atoms with Crippen LogP contribution in [0.1, 0.15) is 29.9 Å². The monoisotopic (exact) mass is 421 g/mol. The van der Waals surface area contributed by atoms with E-state index in [0.29, 0.717) is 39.2 Å². The molecule has 0 radical (unpaired) electrons. The Bertz CT molecular complexity index is 999. The maximum atomic E-state index is 10.5. The van der Waals surface area contributed by atoms with Gasteiger partial charge in [0.15, 0.2) is 6.29 Å². The molecule has 162 valence electrons. The normalized spacial score (nSPS) is 18.6. The zero-order valence-corrected chi connectivity index (χ0v) is 17.3. The van der Waals surface area contributed by atoms with Gasteiger partial charge in [0.05, 0.1) is 13.2 Å². The predicted molar refractivity (Wildman–Crippen MR) is 118 cm³/mol. The van der Waals surface area contributed by atoms with Crippen molar-refractivity contribution in [3.8, 4) is 5.75 Å². The van der Waals surface area contributed by atoms with Gasteiger partial charge in [0, 0.05) is 18.9 Å². The average Bonchev–Trinajstić information content (AvgIpc) is 2.81. The summed E-state index contributed by atoms with van der Waals surface area (Å²) >= 11 is 0. The van der Waals surface area contributed by atoms with E-state index in [9.17, 15) is 4.79 Å². The van der Waals surface area contributed by atoms with Crippen LogP contribution in [0.25, 0.3) is 10.8 Å². The standard InChI is InChI=1S/C25H27NO5/c27-25(28)26-13-5-10-24-30-16-20(17-31-24)22-9-4-8-19-14-21(11-12-23(19)22)29-15-18-6-2-1-3-7-18/h1-4,6-9,11-12,14,20,24,26H,5,10,13,15-17H2,(H,27,28). The fourth-order valence-corrected chi connectivity index (χ4v) is 3.83. The molecule has 1 aliphatic rings. The summed E-state index contributed by atoms with van der Waals surface area (Å²) < 4.78 is 17.8. The van der Waals surface area contributed by atoms with Gasteiger partial charge in [0.1, 0.15) is 12.4 Å². The van der Waals surface area contributed by atoms with Gasteiger partial charge in [0.25, 0.3) is 0 Å². The Morgan fingerprint density at radius 1 is 1.03 bits per heavy atom. The van der Waals surface area contributed by atoms with Crippen LogP contribution >= 0.6 is 0 Å². The molecule has 6 nitrogen and oxygen atoms in total. The van der Waals surface area contributed by atoms with E-state index in [2.05, 4.69) is 47.8 Å². The molecule has 1 heterocycles. The summed E-state index contributed by atoms with van der Waals surface area (Å²) in [4.78, 5) is 10.5. The fourth-order valence-electron chi connectivity index (χ4n) is 3.83. The molecular formula is C25H27NO5. The highest BCUT2D eigenvalue weighted by Crippen LogP contribution is 2.31. The first-order valence-corrected chi connectivity index (χ1v) is 10.6. The molecule has 1 saturated heterocycles. The largest absolute Gasteiger partial charge is 0.489 e. The summed E-state index contributed by atoms with van der Waals surface area (Å²) in [5.74, 6) is 1.01. The Morgan fingerprint density at radius 3 is 2.61 bits per heavy atom. The molecule has 1 amide bonds. The zero-order valence-electron chi connectivity index (χ0n) is 17.3. The van der Waals surface area contributed by atoms with E-state index in [1.54, 1.807) is 0 Å². The maximum Gasteiger partial charge on any atom is 0.404 e. The van der Waals surface area contributed by atoms with E-state index >= 15 is 0 Å². The molecular weight excluding hydrogens is 394 g/mol. The topological polar surface area (TPSA) is 77.0 Å². The lowest BCUT2D eigenvalue weighted by Gasteiger charge is -2.30. The molecule has 0 bridgehead atoms. The van der Waals surface area contributed by atoms with Crippen molar-refractivity contribution in [2.24, 2.45) is 0 Å². The van der Waals surface area contributed by atoms with Crippen LogP contribution < -0.4 is 10.1 Å². The molecule has 6 heteroatoms. The van der Waals surface area contributed by atoms with Crippen LogP contribution in [0.2, 0.25) is 0 Å². The number of amides is 1. The van der Waals surface area contributed by atoms with Crippen LogP contribution in [-0.4, -0.2) is 37.2 Å². The summed E-state index contributed by atoms with van der Waals surface area (Å²) in [5, 5.41) is 13.3. The third-order valence-electron chi connectivity index (χ3n) is 5.43. The van der Waals surface area contributed by atoms with Crippen molar-refractivity contribution in [3.05, 3.63) is 77.9 Å². The van der Waals surface area contributed by atoms with Gasteiger partial charge in [-0.2, -0.15) is 0 Å². The quantitative estimate of drug-likeness (QED) is 0.505. The summed E-state index contributed by atoms with van der Waals surface area (Å²) in [6.45, 7) is 2.12. The van der Waals surface area contributed by atoms with Crippen LogP contribution in [0, 0.1) is 0 Å². The second-order valence-corrected chi connectivity index (χ2v) is 7.67. The van der Waals surface area contributed by atoms with Crippen LogP contribution in [0.3, 0.4) is 0 Å². The van der Waals surface area contributed by atoms with Gasteiger partial charge in [-0.05, 0) is 40.5 Å². The number of fused-ring (bicyclic) bond motifs is 1. The lowest BCUT2D eigenvalue weighted by molar-refractivity contribution is -0.189. The highest BCUT2D eigenvalue weighted by atomic mass is 16.7. The lowest BCUT2D eigenvalue weighted by atomic mass is 9.94. The van der Waals surface area contributed by atoms with Gasteiger partial charge in [-0.1, -0.05) is 54.6 Å². The van der Waals surface area contributed by atoms with E-state index in [0.717, 1.165) is 16.7 Å². The number of carboxylic acid groups (broad SMARTS) is 1. The van der Waals surface area contributed by atoms with Crippen LogP contribution in [0.5, 0.6) is 5.75 Å². The number of hydrogen-bond donors (Lipinski definition) is 2. The van der Waals surface area contributed by atoms with Crippen LogP contribution in [0.15, 0.2) is 66.7 Å². The minimum atomic E-state index is -1.00. The van der Waals surface area contributed by atoms with Crippen LogP contribution in [-0.2, 0) is 16.1 Å². The second-order valence-electron chi connectivity index (χ2n) is 7.67. The van der Waals surface area contributed by atoms with Crippen molar-refractivity contribution in [2.45, 2.75) is 31.7 Å². The first kappa shape index (κ1) is 21.2. The highest BCUT2D eigenvalue weighted by molar-refractivity contribution is 5.87. The highest BCUT2D eigenvalue weighted by Gasteiger charge is 2.24. The van der Waals surface area contributed by atoms with E-state index in [4.69, 9.17) is 19.3 Å². The third kappa shape index (κ3) is 5.75. The number of ether oxygens (including phenoxy) is 3. The molecule has 4 rings (SSSR count). The number of nitrogens with one attached hydrogen (secondary N) is 1. The molecule has 0 aliphatic carbocycles. The summed E-state index contributed by atoms with van der Waals surface area (Å²) in [7, 11) is 0. The van der Waals surface area contributed by atoms with Crippen molar-refractivity contribution in [1.82, 2.24) is 5.32 Å². The van der Waals surface area contributed by atoms with Gasteiger partial charge < -0.3 is 24.6 Å². The van der Waals surface area contributed by atoms with Gasteiger partial charge >= 0.3 is 6.09 Å². The average molecular weight is 421 g/mol. The molecule has 3 aromatic rings.